The predicted molar refractivity (Wildman–Crippen MR) is 277 cm³/mol. The summed E-state index contributed by atoms with van der Waals surface area (Å²) in [5, 5.41) is 0. The highest BCUT2D eigenvalue weighted by atomic mass is 16.6. The first-order valence-corrected chi connectivity index (χ1v) is 26.1. The van der Waals surface area contributed by atoms with Crippen molar-refractivity contribution in [1.29, 1.82) is 0 Å². The van der Waals surface area contributed by atoms with Gasteiger partial charge in [-0.1, -0.05) is 47.8 Å². The number of hydrogen-bond donors (Lipinski definition) is 0. The average Bonchev–Trinajstić information content (AvgIpc) is 3.45. The fourth-order valence-electron chi connectivity index (χ4n) is 8.32. The van der Waals surface area contributed by atoms with Crippen molar-refractivity contribution in [3.63, 3.8) is 0 Å². The van der Waals surface area contributed by atoms with Gasteiger partial charge in [0, 0.05) is 12.2 Å². The highest BCUT2D eigenvalue weighted by Crippen LogP contribution is 2.36. The van der Waals surface area contributed by atoms with Gasteiger partial charge in [-0.05, 0) is 133 Å². The molecule has 0 saturated heterocycles. The molecule has 0 heterocycles. The first-order valence-electron chi connectivity index (χ1n) is 26.1. The lowest BCUT2D eigenvalue weighted by Gasteiger charge is -2.27. The van der Waals surface area contributed by atoms with E-state index in [9.17, 15) is 47.9 Å². The number of hydrogen-bond acceptors (Lipinski definition) is 20. The van der Waals surface area contributed by atoms with Crippen LogP contribution in [0.4, 0.5) is 0 Å². The normalized spacial score (nSPS) is 20.0. The zero-order valence-corrected chi connectivity index (χ0v) is 45.8. The molecule has 3 aliphatic rings. The second-order valence-electron chi connectivity index (χ2n) is 18.0. The molecule has 20 nitrogen and oxygen atoms in total. The number of esters is 9. The molecular formula is C57H76O20. The van der Waals surface area contributed by atoms with E-state index >= 15 is 0 Å². The number of carbonyl (C=O) groups excluding carboxylic acids is 10. The lowest BCUT2D eigenvalue weighted by molar-refractivity contribution is -0.161. The Morgan fingerprint density at radius 1 is 0.506 bits per heavy atom. The van der Waals surface area contributed by atoms with Gasteiger partial charge in [0.25, 0.3) is 6.47 Å². The smallest absolute Gasteiger partial charge is 0.341 e. The molecule has 20 heteroatoms. The fraction of sp³-hybridized carbons (Fsp3) is 0.544. The van der Waals surface area contributed by atoms with Crippen LogP contribution in [0.2, 0.25) is 0 Å². The maximum Gasteiger partial charge on any atom is 0.341 e. The second kappa shape index (κ2) is 35.0. The molecule has 424 valence electrons. The summed E-state index contributed by atoms with van der Waals surface area (Å²) in [5.74, 6) is -6.57. The van der Waals surface area contributed by atoms with Gasteiger partial charge in [0.1, 0.15) is 59.5 Å². The zero-order chi connectivity index (χ0) is 57.6. The molecule has 3 fully saturated rings. The fourth-order valence-corrected chi connectivity index (χ4v) is 8.32. The van der Waals surface area contributed by atoms with E-state index in [2.05, 4.69) is 24.8 Å². The van der Waals surface area contributed by atoms with E-state index in [1.54, 1.807) is 13.8 Å². The van der Waals surface area contributed by atoms with Gasteiger partial charge in [-0.15, -0.1) is 0 Å². The Kier molecular flexibility index (Phi) is 29.9. The largest absolute Gasteiger partial charge is 0.465 e. The highest BCUT2D eigenvalue weighted by Gasteiger charge is 2.35. The first kappa shape index (κ1) is 65.7. The molecule has 0 amide bonds. The van der Waals surface area contributed by atoms with Crippen LogP contribution in [0.15, 0.2) is 61.7 Å². The lowest BCUT2D eigenvalue weighted by atomic mass is 9.82. The molecule has 2 aromatic carbocycles. The molecule has 0 radical (unpaired) electrons. The Labute approximate surface area is 450 Å². The Morgan fingerprint density at radius 2 is 0.831 bits per heavy atom. The molecule has 0 aromatic heterocycles. The molecule has 0 spiro atoms. The molecule has 0 N–H and O–H groups in total. The summed E-state index contributed by atoms with van der Waals surface area (Å²) in [6.45, 7) is 20.3. The van der Waals surface area contributed by atoms with Gasteiger partial charge in [-0.3, -0.25) is 28.8 Å². The Balaban J connectivity index is 0.000000772. The molecular weight excluding hydrogens is 1000 g/mol. The molecule has 2 aromatic rings. The molecule has 3 saturated carbocycles. The van der Waals surface area contributed by atoms with Crippen LogP contribution >= 0.6 is 0 Å². The molecule has 2 atom stereocenters. The van der Waals surface area contributed by atoms with Crippen molar-refractivity contribution in [3.05, 3.63) is 72.8 Å². The average molecular weight is 1080 g/mol. The number of ether oxygens (including phenoxy) is 10. The van der Waals surface area contributed by atoms with Crippen LogP contribution in [0, 0.1) is 35.5 Å². The van der Waals surface area contributed by atoms with Crippen molar-refractivity contribution < 1.29 is 95.3 Å². The summed E-state index contributed by atoms with van der Waals surface area (Å²) < 4.78 is 51.3. The van der Waals surface area contributed by atoms with E-state index in [0.717, 1.165) is 52.1 Å². The molecule has 5 rings (SSSR count). The van der Waals surface area contributed by atoms with Crippen LogP contribution < -0.4 is 18.9 Å². The van der Waals surface area contributed by atoms with Gasteiger partial charge in [0.2, 0.25) is 0 Å². The molecule has 0 bridgehead atoms. The highest BCUT2D eigenvalue weighted by molar-refractivity contribution is 5.95. The molecule has 2 unspecified atom stereocenters. The van der Waals surface area contributed by atoms with Crippen molar-refractivity contribution in [2.45, 2.75) is 138 Å². The van der Waals surface area contributed by atoms with E-state index in [4.69, 9.17) is 42.6 Å². The summed E-state index contributed by atoms with van der Waals surface area (Å²) in [4.78, 5) is 121. The van der Waals surface area contributed by atoms with Crippen LogP contribution in [0.3, 0.4) is 0 Å². The van der Waals surface area contributed by atoms with Crippen molar-refractivity contribution in [2.24, 2.45) is 35.5 Å². The Morgan fingerprint density at radius 3 is 1.18 bits per heavy atom. The van der Waals surface area contributed by atoms with Gasteiger partial charge in [-0.25, -0.2) is 19.2 Å². The van der Waals surface area contributed by atoms with Gasteiger partial charge in [0.05, 0.1) is 43.8 Å². The minimum atomic E-state index is -0.830. The number of rotatable bonds is 20. The quantitative estimate of drug-likeness (QED) is 0.0393. The summed E-state index contributed by atoms with van der Waals surface area (Å²) in [5.41, 5.74) is -0.247. The SMILES string of the molecule is C=CC(=O)OCC(C)OC(=O)C1CCC(C(=O)Oc2ccc(OC(=O)C3CCC(C(=O)Oc4ccc(OC=O)c(C(=O)OC)c4)CC3)cc2C(=O)OC)CC1.C=CC(=O)OCC(C)OC(=O)C1CCC(C)CC1.CC.CC. The Bertz CT molecular complexity index is 2310. The van der Waals surface area contributed by atoms with Crippen LogP contribution in [0.25, 0.3) is 0 Å². The second-order valence-corrected chi connectivity index (χ2v) is 18.0. The third-order valence-electron chi connectivity index (χ3n) is 12.6. The minimum absolute atomic E-state index is 0.0127. The lowest BCUT2D eigenvalue weighted by Crippen LogP contribution is -2.32. The summed E-state index contributed by atoms with van der Waals surface area (Å²) in [6, 6.07) is 7.83. The van der Waals surface area contributed by atoms with Crippen LogP contribution in [0.1, 0.15) is 146 Å². The molecule has 3 aliphatic carbocycles. The zero-order valence-electron chi connectivity index (χ0n) is 45.8. The standard InChI is InChI=1S/C39H42O16.C14H22O4.2C2H6/c1-5-33(41)50-20-22(2)52-34(42)23-6-12-26(13-7-23)37(45)55-32-17-15-28(19-30(32)39(47)49-4)54-36(44)25-10-8-24(9-11-25)35(43)53-27-14-16-31(51-21-40)29(18-27)38(46)48-3;1-4-13(15)17-9-11(3)18-14(16)12-7-5-10(2)6-8-12;2*1-2/h5,14-19,21-26H,1,6-13,20H2,2-4H3;4,10-12H,1,5-9H2,2-3H3;2*1-2H3. The monoisotopic (exact) mass is 1080 g/mol. The van der Waals surface area contributed by atoms with E-state index in [1.807, 2.05) is 27.7 Å². The summed E-state index contributed by atoms with van der Waals surface area (Å²) in [7, 11) is 2.30. The predicted octanol–water partition coefficient (Wildman–Crippen LogP) is 9.01. The maximum atomic E-state index is 13.1. The number of benzene rings is 2. The van der Waals surface area contributed by atoms with Crippen LogP contribution in [0.5, 0.6) is 23.0 Å². The topological polar surface area (TPSA) is 263 Å². The van der Waals surface area contributed by atoms with E-state index in [1.165, 1.54) is 36.4 Å². The first-order chi connectivity index (χ1) is 36.9. The van der Waals surface area contributed by atoms with Gasteiger partial charge >= 0.3 is 53.7 Å². The summed E-state index contributed by atoms with van der Waals surface area (Å²) in [6.07, 6.45) is 7.66. The number of carbonyl (C=O) groups is 10. The van der Waals surface area contributed by atoms with E-state index < -0.39 is 83.6 Å². The molecule has 77 heavy (non-hydrogen) atoms. The minimum Gasteiger partial charge on any atom is -0.465 e. The summed E-state index contributed by atoms with van der Waals surface area (Å²) >= 11 is 0. The maximum absolute atomic E-state index is 13.1. The van der Waals surface area contributed by atoms with E-state index in [0.29, 0.717) is 57.3 Å². The van der Waals surface area contributed by atoms with Gasteiger partial charge in [0.15, 0.2) is 0 Å². The van der Waals surface area contributed by atoms with Gasteiger partial charge < -0.3 is 47.4 Å². The van der Waals surface area contributed by atoms with Crippen molar-refractivity contribution in [1.82, 2.24) is 0 Å². The third kappa shape index (κ3) is 22.0. The van der Waals surface area contributed by atoms with Crippen LogP contribution in [-0.2, 0) is 66.8 Å². The van der Waals surface area contributed by atoms with Gasteiger partial charge in [-0.2, -0.15) is 0 Å². The van der Waals surface area contributed by atoms with Crippen molar-refractivity contribution >= 4 is 60.2 Å². The van der Waals surface area contributed by atoms with E-state index in [-0.39, 0.29) is 65.7 Å². The molecule has 0 aliphatic heterocycles. The van der Waals surface area contributed by atoms with Crippen molar-refractivity contribution in [2.75, 3.05) is 27.4 Å². The Hall–Kier alpha value is -7.38. The third-order valence-corrected chi connectivity index (χ3v) is 12.6. The number of methoxy groups -OCH3 is 2. The van der Waals surface area contributed by atoms with Crippen molar-refractivity contribution in [3.8, 4) is 23.0 Å². The van der Waals surface area contributed by atoms with Crippen LogP contribution in [-0.4, -0.2) is 99.8 Å².